The zero-order valence-corrected chi connectivity index (χ0v) is 24.1. The summed E-state index contributed by atoms with van der Waals surface area (Å²) in [5.74, 6) is 0.831. The van der Waals surface area contributed by atoms with Crippen LogP contribution in [-0.2, 0) is 18.4 Å². The molecule has 0 unspecified atom stereocenters. The maximum Gasteiger partial charge on any atom is 0.306 e. The van der Waals surface area contributed by atoms with Crippen LogP contribution in [0, 0.1) is 5.92 Å². The molecule has 0 saturated carbocycles. The van der Waals surface area contributed by atoms with Gasteiger partial charge in [0.05, 0.1) is 18.3 Å². The second-order valence-corrected chi connectivity index (χ2v) is 21.6. The van der Waals surface area contributed by atoms with Gasteiger partial charge in [-0.05, 0) is 55.7 Å². The number of hydrogen-bond donors (Lipinski definition) is 0. The van der Waals surface area contributed by atoms with Crippen molar-refractivity contribution < 1.29 is 18.4 Å². The zero-order chi connectivity index (χ0) is 24.3. The maximum absolute atomic E-state index is 12.7. The van der Waals surface area contributed by atoms with Crippen LogP contribution < -0.4 is 0 Å². The fourth-order valence-corrected chi connectivity index (χ4v) is 5.67. The van der Waals surface area contributed by atoms with Gasteiger partial charge in [0.25, 0.3) is 0 Å². The summed E-state index contributed by atoms with van der Waals surface area (Å²) in [6.07, 6.45) is 6.56. The van der Waals surface area contributed by atoms with Crippen LogP contribution in [0.4, 0.5) is 0 Å². The third-order valence-electron chi connectivity index (χ3n) is 7.23. The molecule has 0 bridgehead atoms. The molecule has 3 atom stereocenters. The summed E-state index contributed by atoms with van der Waals surface area (Å²) in [6, 6.07) is 0. The van der Waals surface area contributed by atoms with Gasteiger partial charge in [0.2, 0.25) is 8.32 Å². The van der Waals surface area contributed by atoms with Crippen LogP contribution in [0.3, 0.4) is 0 Å². The van der Waals surface area contributed by atoms with Crippen molar-refractivity contribution in [1.82, 2.24) is 0 Å². The minimum absolute atomic E-state index is 0.0222. The van der Waals surface area contributed by atoms with Gasteiger partial charge in [-0.3, -0.25) is 4.79 Å². The molecule has 6 heteroatoms. The lowest BCUT2D eigenvalue weighted by molar-refractivity contribution is -0.149. The van der Waals surface area contributed by atoms with Crippen LogP contribution in [0.25, 0.3) is 0 Å². The molecular formula is C25H48O4Si2. The van der Waals surface area contributed by atoms with Crippen molar-refractivity contribution in [2.45, 2.75) is 123 Å². The Kier molecular flexibility index (Phi) is 9.44. The molecule has 0 aromatic heterocycles. The number of carbonyl (C=O) groups excluding carboxylic acids is 1. The van der Waals surface area contributed by atoms with Crippen LogP contribution in [0.15, 0.2) is 24.5 Å². The molecule has 0 amide bonds. The van der Waals surface area contributed by atoms with Crippen LogP contribution in [-0.4, -0.2) is 34.8 Å². The van der Waals surface area contributed by atoms with Gasteiger partial charge in [0, 0.05) is 18.8 Å². The normalized spacial score (nSPS) is 21.8. The van der Waals surface area contributed by atoms with Crippen LogP contribution in [0.2, 0.25) is 36.3 Å². The molecule has 1 rings (SSSR count). The van der Waals surface area contributed by atoms with E-state index in [0.717, 1.165) is 18.6 Å². The Morgan fingerprint density at radius 2 is 1.68 bits per heavy atom. The molecular weight excluding hydrogens is 420 g/mol. The van der Waals surface area contributed by atoms with E-state index in [4.69, 9.17) is 13.6 Å². The van der Waals surface area contributed by atoms with Gasteiger partial charge >= 0.3 is 5.97 Å². The second-order valence-electron chi connectivity index (χ2n) is 12.1. The summed E-state index contributed by atoms with van der Waals surface area (Å²) < 4.78 is 19.0. The minimum atomic E-state index is -1.96. The van der Waals surface area contributed by atoms with Crippen molar-refractivity contribution in [3.8, 4) is 0 Å². The average Bonchev–Trinajstić information content (AvgIpc) is 2.54. The van der Waals surface area contributed by atoms with Gasteiger partial charge in [0.1, 0.15) is 6.10 Å². The largest absolute Gasteiger partial charge is 0.547 e. The molecule has 0 aliphatic heterocycles. The first kappa shape index (κ1) is 28.2. The third kappa shape index (κ3) is 8.21. The smallest absolute Gasteiger partial charge is 0.306 e. The van der Waals surface area contributed by atoms with Gasteiger partial charge < -0.3 is 13.6 Å². The van der Waals surface area contributed by atoms with Crippen molar-refractivity contribution in [2.24, 2.45) is 5.92 Å². The Balaban J connectivity index is 3.10. The van der Waals surface area contributed by atoms with E-state index < -0.39 is 16.6 Å². The summed E-state index contributed by atoms with van der Waals surface area (Å²) in [4.78, 5) is 12.7. The molecule has 1 aliphatic rings. The Bertz CT molecular complexity index is 653. The van der Waals surface area contributed by atoms with Crippen molar-refractivity contribution in [3.63, 3.8) is 0 Å². The first-order valence-electron chi connectivity index (χ1n) is 11.8. The number of ether oxygens (including phenoxy) is 1. The second kappa shape index (κ2) is 10.4. The summed E-state index contributed by atoms with van der Waals surface area (Å²) in [7, 11) is -3.88. The minimum Gasteiger partial charge on any atom is -0.547 e. The fourth-order valence-electron chi connectivity index (χ4n) is 3.13. The summed E-state index contributed by atoms with van der Waals surface area (Å²) in [5.41, 5.74) is 0. The van der Waals surface area contributed by atoms with Gasteiger partial charge in [-0.2, -0.15) is 0 Å². The van der Waals surface area contributed by atoms with Crippen molar-refractivity contribution in [1.29, 1.82) is 0 Å². The number of esters is 1. The van der Waals surface area contributed by atoms with Gasteiger partial charge in [-0.1, -0.05) is 47.6 Å². The van der Waals surface area contributed by atoms with E-state index in [-0.39, 0.29) is 34.2 Å². The monoisotopic (exact) mass is 468 g/mol. The molecule has 4 nitrogen and oxygen atoms in total. The molecule has 31 heavy (non-hydrogen) atoms. The molecule has 1 aliphatic carbocycles. The van der Waals surface area contributed by atoms with Crippen LogP contribution >= 0.6 is 0 Å². The molecule has 0 spiro atoms. The van der Waals surface area contributed by atoms with Gasteiger partial charge in [0.15, 0.2) is 8.32 Å². The topological polar surface area (TPSA) is 44.8 Å². The fraction of sp³-hybridized carbons (Fsp3) is 0.800. The SMILES string of the molecule is C=CC[C@H](C)OC(=O)C[C@@H]1C=C(O[Si](C)(C)C(C)(C)C)CC[C@@H]1O[Si](C)(C)C(C)(C)C. The zero-order valence-electron chi connectivity index (χ0n) is 22.1. The molecule has 0 fully saturated rings. The average molecular weight is 469 g/mol. The van der Waals surface area contributed by atoms with Gasteiger partial charge in [-0.25, -0.2) is 0 Å². The Morgan fingerprint density at radius 1 is 1.13 bits per heavy atom. The molecule has 0 aromatic rings. The highest BCUT2D eigenvalue weighted by molar-refractivity contribution is 6.74. The summed E-state index contributed by atoms with van der Waals surface area (Å²) in [5, 5.41) is 0.259. The number of rotatable bonds is 9. The van der Waals surface area contributed by atoms with E-state index in [1.165, 1.54) is 0 Å². The predicted molar refractivity (Wildman–Crippen MR) is 136 cm³/mol. The summed E-state index contributed by atoms with van der Waals surface area (Å²) in [6.45, 7) is 28.3. The highest BCUT2D eigenvalue weighted by Crippen LogP contribution is 2.43. The van der Waals surface area contributed by atoms with Gasteiger partial charge in [-0.15, -0.1) is 6.58 Å². The van der Waals surface area contributed by atoms with E-state index in [2.05, 4.69) is 80.4 Å². The highest BCUT2D eigenvalue weighted by atomic mass is 28.4. The Morgan fingerprint density at radius 3 is 2.16 bits per heavy atom. The Labute approximate surface area is 194 Å². The van der Waals surface area contributed by atoms with E-state index >= 15 is 0 Å². The third-order valence-corrected chi connectivity index (χ3v) is 16.1. The lowest BCUT2D eigenvalue weighted by Gasteiger charge is -2.43. The first-order chi connectivity index (χ1) is 13.9. The van der Waals surface area contributed by atoms with Crippen molar-refractivity contribution in [3.05, 3.63) is 24.5 Å². The van der Waals surface area contributed by atoms with E-state index in [9.17, 15) is 4.79 Å². The highest BCUT2D eigenvalue weighted by Gasteiger charge is 2.43. The Hall–Kier alpha value is -0.856. The number of hydrogen-bond acceptors (Lipinski definition) is 4. The lowest BCUT2D eigenvalue weighted by Crippen LogP contribution is -2.47. The van der Waals surface area contributed by atoms with E-state index in [1.54, 1.807) is 6.08 Å². The number of carbonyl (C=O) groups is 1. The standard InChI is InChI=1S/C25H48O4Si2/c1-13-14-19(2)27-23(26)18-20-17-21(28-30(9,10)24(3,4)5)15-16-22(20)29-31(11,12)25(6,7)8/h13,17,19-20,22H,1,14-16,18H2,2-12H3/t19-,20-,22-/m0/s1. The predicted octanol–water partition coefficient (Wildman–Crippen LogP) is 7.59. The lowest BCUT2D eigenvalue weighted by atomic mass is 9.89. The molecule has 0 aromatic carbocycles. The van der Waals surface area contributed by atoms with Crippen LogP contribution in [0.5, 0.6) is 0 Å². The quantitative estimate of drug-likeness (QED) is 0.199. The number of allylic oxidation sites excluding steroid dienone is 1. The summed E-state index contributed by atoms with van der Waals surface area (Å²) >= 11 is 0. The van der Waals surface area contributed by atoms with Crippen molar-refractivity contribution in [2.75, 3.05) is 0 Å². The van der Waals surface area contributed by atoms with Crippen molar-refractivity contribution >= 4 is 22.6 Å². The van der Waals surface area contributed by atoms with E-state index in [1.807, 2.05) is 6.92 Å². The maximum atomic E-state index is 12.7. The molecule has 180 valence electrons. The molecule has 0 heterocycles. The molecule has 0 saturated heterocycles. The first-order valence-corrected chi connectivity index (χ1v) is 17.6. The molecule has 0 N–H and O–H groups in total. The van der Waals surface area contributed by atoms with Crippen LogP contribution in [0.1, 0.15) is 74.1 Å². The van der Waals surface area contributed by atoms with E-state index in [0.29, 0.717) is 12.8 Å². The molecule has 0 radical (unpaired) electrons.